The highest BCUT2D eigenvalue weighted by Gasteiger charge is 2.24. The Hall–Kier alpha value is -2.62. The zero-order valence-electron chi connectivity index (χ0n) is 17.9. The number of aryl methyl sites for hydroxylation is 2. The average Bonchev–Trinajstić information content (AvgIpc) is 2.83. The van der Waals surface area contributed by atoms with Crippen LogP contribution < -0.4 is 5.73 Å². The number of halogens is 1. The second kappa shape index (κ2) is 11.1. The normalized spacial score (nSPS) is 14.2. The van der Waals surface area contributed by atoms with Crippen LogP contribution in [-0.4, -0.2) is 23.9 Å². The van der Waals surface area contributed by atoms with Crippen molar-refractivity contribution in [2.45, 2.75) is 38.1 Å². The minimum absolute atomic E-state index is 0. The number of nitrogens with two attached hydrogens (primary N) is 1. The summed E-state index contributed by atoms with van der Waals surface area (Å²) in [4.78, 5) is 14.9. The SMILES string of the molecule is Cl.NCc1cccc(C2CCN(C(=O)c3ccc(CCc4ccccc4)cc3)CC2)c1. The fourth-order valence-electron chi connectivity index (χ4n) is 4.32. The van der Waals surface area contributed by atoms with Gasteiger partial charge in [-0.3, -0.25) is 4.79 Å². The van der Waals surface area contributed by atoms with Crippen molar-refractivity contribution < 1.29 is 4.79 Å². The van der Waals surface area contributed by atoms with Gasteiger partial charge < -0.3 is 10.6 Å². The van der Waals surface area contributed by atoms with Crippen LogP contribution in [-0.2, 0) is 19.4 Å². The van der Waals surface area contributed by atoms with Crippen molar-refractivity contribution >= 4 is 18.3 Å². The molecule has 0 bridgehead atoms. The summed E-state index contributed by atoms with van der Waals surface area (Å²) in [6, 6.07) is 27.3. The van der Waals surface area contributed by atoms with Gasteiger partial charge in [0.25, 0.3) is 5.91 Å². The number of carbonyl (C=O) groups is 1. The maximum atomic E-state index is 12.9. The fourth-order valence-corrected chi connectivity index (χ4v) is 4.32. The largest absolute Gasteiger partial charge is 0.339 e. The lowest BCUT2D eigenvalue weighted by Gasteiger charge is -2.32. The third kappa shape index (κ3) is 5.96. The molecular weight excluding hydrogens is 404 g/mol. The van der Waals surface area contributed by atoms with Crippen molar-refractivity contribution in [2.75, 3.05) is 13.1 Å². The van der Waals surface area contributed by atoms with Gasteiger partial charge in [0.05, 0.1) is 0 Å². The quantitative estimate of drug-likeness (QED) is 0.566. The van der Waals surface area contributed by atoms with Gasteiger partial charge in [0.15, 0.2) is 0 Å². The molecule has 0 aliphatic carbocycles. The summed E-state index contributed by atoms with van der Waals surface area (Å²) in [6.45, 7) is 2.20. The molecule has 4 rings (SSSR count). The number of nitrogens with zero attached hydrogens (tertiary/aromatic N) is 1. The van der Waals surface area contributed by atoms with E-state index in [1.165, 1.54) is 22.3 Å². The van der Waals surface area contributed by atoms with Gasteiger partial charge in [0, 0.05) is 25.2 Å². The van der Waals surface area contributed by atoms with Crippen molar-refractivity contribution in [3.05, 3.63) is 107 Å². The van der Waals surface area contributed by atoms with Crippen LogP contribution >= 0.6 is 12.4 Å². The van der Waals surface area contributed by atoms with E-state index in [-0.39, 0.29) is 18.3 Å². The summed E-state index contributed by atoms with van der Waals surface area (Å²) in [6.07, 6.45) is 4.03. The van der Waals surface area contributed by atoms with E-state index >= 15 is 0 Å². The molecule has 0 radical (unpaired) electrons. The lowest BCUT2D eigenvalue weighted by molar-refractivity contribution is 0.0713. The number of benzene rings is 3. The third-order valence-electron chi connectivity index (χ3n) is 6.19. The number of hydrogen-bond donors (Lipinski definition) is 1. The molecule has 31 heavy (non-hydrogen) atoms. The number of rotatable bonds is 6. The number of piperidine rings is 1. The topological polar surface area (TPSA) is 46.3 Å². The van der Waals surface area contributed by atoms with Crippen LogP contribution in [0.5, 0.6) is 0 Å². The highest BCUT2D eigenvalue weighted by Crippen LogP contribution is 2.29. The molecule has 2 N–H and O–H groups in total. The van der Waals surface area contributed by atoms with Crippen molar-refractivity contribution in [1.82, 2.24) is 4.90 Å². The Morgan fingerprint density at radius 2 is 1.42 bits per heavy atom. The van der Waals surface area contributed by atoms with Crippen LogP contribution in [0.4, 0.5) is 0 Å². The lowest BCUT2D eigenvalue weighted by atomic mass is 9.88. The second-order valence-electron chi connectivity index (χ2n) is 8.20. The smallest absolute Gasteiger partial charge is 0.253 e. The van der Waals surface area contributed by atoms with Gasteiger partial charge in [-0.15, -0.1) is 12.4 Å². The molecule has 3 aromatic rings. The van der Waals surface area contributed by atoms with Gasteiger partial charge in [-0.05, 0) is 66.0 Å². The van der Waals surface area contributed by atoms with E-state index in [1.807, 2.05) is 23.1 Å². The molecule has 3 aromatic carbocycles. The maximum absolute atomic E-state index is 12.9. The van der Waals surface area contributed by atoms with E-state index in [4.69, 9.17) is 5.73 Å². The first-order valence-electron chi connectivity index (χ1n) is 10.9. The molecule has 3 nitrogen and oxygen atoms in total. The first kappa shape index (κ1) is 23.1. The van der Waals surface area contributed by atoms with E-state index < -0.39 is 0 Å². The van der Waals surface area contributed by atoms with Crippen LogP contribution in [0.3, 0.4) is 0 Å². The van der Waals surface area contributed by atoms with Crippen molar-refractivity contribution in [2.24, 2.45) is 5.73 Å². The van der Waals surface area contributed by atoms with Gasteiger partial charge in [-0.1, -0.05) is 66.7 Å². The molecule has 1 fully saturated rings. The average molecular weight is 435 g/mol. The Morgan fingerprint density at radius 3 is 2.06 bits per heavy atom. The fraction of sp³-hybridized carbons (Fsp3) is 0.296. The van der Waals surface area contributed by atoms with Gasteiger partial charge in [0.2, 0.25) is 0 Å². The molecule has 1 heterocycles. The molecule has 4 heteroatoms. The zero-order valence-corrected chi connectivity index (χ0v) is 18.7. The molecular formula is C27H31ClN2O. The van der Waals surface area contributed by atoms with E-state index in [2.05, 4.69) is 60.7 Å². The summed E-state index contributed by atoms with van der Waals surface area (Å²) < 4.78 is 0. The van der Waals surface area contributed by atoms with Crippen LogP contribution in [0.25, 0.3) is 0 Å². The molecule has 0 saturated carbocycles. The lowest BCUT2D eigenvalue weighted by Crippen LogP contribution is -2.37. The molecule has 162 valence electrons. The highest BCUT2D eigenvalue weighted by molar-refractivity contribution is 5.94. The number of hydrogen-bond acceptors (Lipinski definition) is 2. The Balaban J connectivity index is 0.00000272. The Morgan fingerprint density at radius 1 is 0.806 bits per heavy atom. The Labute approximate surface area is 191 Å². The molecule has 0 aromatic heterocycles. The minimum Gasteiger partial charge on any atom is -0.339 e. The van der Waals surface area contributed by atoms with Gasteiger partial charge in [-0.2, -0.15) is 0 Å². The first-order chi connectivity index (χ1) is 14.7. The summed E-state index contributed by atoms with van der Waals surface area (Å²) in [5.74, 6) is 0.666. The van der Waals surface area contributed by atoms with Crippen LogP contribution in [0.1, 0.15) is 51.4 Å². The van der Waals surface area contributed by atoms with Crippen molar-refractivity contribution in [3.8, 4) is 0 Å². The predicted octanol–water partition coefficient (Wildman–Crippen LogP) is 5.37. The summed E-state index contributed by atoms with van der Waals surface area (Å²) >= 11 is 0. The molecule has 1 amide bonds. The molecule has 1 saturated heterocycles. The Kier molecular flexibility index (Phi) is 8.27. The van der Waals surface area contributed by atoms with Gasteiger partial charge >= 0.3 is 0 Å². The third-order valence-corrected chi connectivity index (χ3v) is 6.19. The molecule has 1 aliphatic heterocycles. The second-order valence-corrected chi connectivity index (χ2v) is 8.20. The number of carbonyl (C=O) groups excluding carboxylic acids is 1. The van der Waals surface area contributed by atoms with E-state index in [9.17, 15) is 4.79 Å². The predicted molar refractivity (Wildman–Crippen MR) is 130 cm³/mol. The van der Waals surface area contributed by atoms with E-state index in [1.54, 1.807) is 0 Å². The summed E-state index contributed by atoms with van der Waals surface area (Å²) in [5, 5.41) is 0. The number of likely N-dealkylation sites (tertiary alicyclic amines) is 1. The van der Waals surface area contributed by atoms with Gasteiger partial charge in [0.1, 0.15) is 0 Å². The zero-order chi connectivity index (χ0) is 20.8. The molecule has 1 aliphatic rings. The maximum Gasteiger partial charge on any atom is 0.253 e. The molecule has 0 atom stereocenters. The monoisotopic (exact) mass is 434 g/mol. The first-order valence-corrected chi connectivity index (χ1v) is 10.9. The molecule has 0 spiro atoms. The van der Waals surface area contributed by atoms with Crippen LogP contribution in [0.2, 0.25) is 0 Å². The van der Waals surface area contributed by atoms with E-state index in [0.717, 1.165) is 44.3 Å². The Bertz CT molecular complexity index is 964. The van der Waals surface area contributed by atoms with Crippen LogP contribution in [0, 0.1) is 0 Å². The standard InChI is InChI=1S/C27H30N2O.ClH/c28-20-23-7-4-8-26(19-23)24-15-17-29(18-16-24)27(30)25-13-11-22(12-14-25)10-9-21-5-2-1-3-6-21;/h1-8,11-14,19,24H,9-10,15-18,20,28H2;1H. The number of amides is 1. The summed E-state index contributed by atoms with van der Waals surface area (Å²) in [5.41, 5.74) is 11.7. The van der Waals surface area contributed by atoms with Crippen LogP contribution in [0.15, 0.2) is 78.9 Å². The minimum atomic E-state index is 0. The molecule has 0 unspecified atom stereocenters. The van der Waals surface area contributed by atoms with E-state index in [0.29, 0.717) is 12.5 Å². The van der Waals surface area contributed by atoms with Crippen molar-refractivity contribution in [1.29, 1.82) is 0 Å². The van der Waals surface area contributed by atoms with Crippen molar-refractivity contribution in [3.63, 3.8) is 0 Å². The summed E-state index contributed by atoms with van der Waals surface area (Å²) in [7, 11) is 0. The highest BCUT2D eigenvalue weighted by atomic mass is 35.5. The van der Waals surface area contributed by atoms with Gasteiger partial charge in [-0.25, -0.2) is 0 Å².